The molecule has 1 nitrogen and oxygen atoms in total. The smallest absolute Gasteiger partial charge is 0.0328 e. The first kappa shape index (κ1) is 9.50. The quantitative estimate of drug-likeness (QED) is 0.701. The molecule has 0 amide bonds. The van der Waals surface area contributed by atoms with Gasteiger partial charge < -0.3 is 0 Å². The molecule has 1 aliphatic rings. The van der Waals surface area contributed by atoms with Gasteiger partial charge in [0.2, 0.25) is 0 Å². The number of nitrogens with zero attached hydrogens (tertiary/aromatic N) is 1. The monoisotopic (exact) mass is 215 g/mol. The summed E-state index contributed by atoms with van der Waals surface area (Å²) >= 11 is 7.67. The molecule has 1 atom stereocenters. The largest absolute Gasteiger partial charge is 0.298 e. The highest BCUT2D eigenvalue weighted by molar-refractivity contribution is 7.09. The van der Waals surface area contributed by atoms with E-state index in [0.29, 0.717) is 0 Å². The Bertz CT molecular complexity index is 247. The van der Waals surface area contributed by atoms with Gasteiger partial charge in [0.05, 0.1) is 0 Å². The van der Waals surface area contributed by atoms with Crippen molar-refractivity contribution in [2.75, 3.05) is 19.0 Å². The van der Waals surface area contributed by atoms with Crippen LogP contribution in [0.2, 0.25) is 0 Å². The first-order valence-electron chi connectivity index (χ1n) is 4.69. The third kappa shape index (κ3) is 2.46. The van der Waals surface area contributed by atoms with Gasteiger partial charge in [-0.05, 0) is 30.3 Å². The van der Waals surface area contributed by atoms with Crippen LogP contribution in [0.3, 0.4) is 0 Å². The molecule has 0 aromatic carbocycles. The molecule has 2 heterocycles. The number of thiophene rings is 1. The lowest BCUT2D eigenvalue weighted by Gasteiger charge is -2.13. The molecule has 0 saturated carbocycles. The molecule has 1 aromatic rings. The van der Waals surface area contributed by atoms with Crippen LogP contribution in [-0.4, -0.2) is 23.9 Å². The van der Waals surface area contributed by atoms with Crippen molar-refractivity contribution in [1.29, 1.82) is 0 Å². The summed E-state index contributed by atoms with van der Waals surface area (Å²) < 4.78 is 0. The molecule has 0 aliphatic carbocycles. The molecular formula is C10H14ClNS. The van der Waals surface area contributed by atoms with E-state index in [0.717, 1.165) is 18.3 Å². The van der Waals surface area contributed by atoms with Gasteiger partial charge in [0.15, 0.2) is 0 Å². The molecular weight excluding hydrogens is 202 g/mol. The fourth-order valence-electron chi connectivity index (χ4n) is 1.81. The van der Waals surface area contributed by atoms with Gasteiger partial charge in [0.1, 0.15) is 0 Å². The van der Waals surface area contributed by atoms with E-state index in [2.05, 4.69) is 22.4 Å². The Labute approximate surface area is 88.3 Å². The summed E-state index contributed by atoms with van der Waals surface area (Å²) in [6, 6.07) is 4.33. The van der Waals surface area contributed by atoms with Gasteiger partial charge in [0.25, 0.3) is 0 Å². The molecule has 1 fully saturated rings. The molecule has 2 rings (SSSR count). The van der Waals surface area contributed by atoms with Crippen molar-refractivity contribution in [3.8, 4) is 0 Å². The zero-order chi connectivity index (χ0) is 9.10. The molecule has 1 aliphatic heterocycles. The summed E-state index contributed by atoms with van der Waals surface area (Å²) in [6.45, 7) is 3.52. The predicted octanol–water partition coefficient (Wildman–Crippen LogP) is 2.81. The van der Waals surface area contributed by atoms with Gasteiger partial charge in [-0.15, -0.1) is 22.9 Å². The van der Waals surface area contributed by atoms with Gasteiger partial charge in [-0.3, -0.25) is 4.90 Å². The Hall–Kier alpha value is -0.0500. The zero-order valence-corrected chi connectivity index (χ0v) is 9.15. The second-order valence-corrected chi connectivity index (χ2v) is 4.96. The Kier molecular flexibility index (Phi) is 3.25. The predicted molar refractivity (Wildman–Crippen MR) is 58.4 cm³/mol. The standard InChI is InChI=1S/C10H14ClNS/c11-6-9-3-4-12(7-9)8-10-2-1-5-13-10/h1-2,5,9H,3-4,6-8H2. The van der Waals surface area contributed by atoms with Crippen molar-refractivity contribution >= 4 is 22.9 Å². The van der Waals surface area contributed by atoms with E-state index < -0.39 is 0 Å². The minimum atomic E-state index is 0.724. The highest BCUT2D eigenvalue weighted by Crippen LogP contribution is 2.21. The van der Waals surface area contributed by atoms with Crippen molar-refractivity contribution in [3.05, 3.63) is 22.4 Å². The van der Waals surface area contributed by atoms with Crippen LogP contribution in [0, 0.1) is 5.92 Å². The number of hydrogen-bond acceptors (Lipinski definition) is 2. The third-order valence-corrected chi connectivity index (χ3v) is 3.85. The van der Waals surface area contributed by atoms with Crippen LogP contribution < -0.4 is 0 Å². The molecule has 0 spiro atoms. The first-order chi connectivity index (χ1) is 6.38. The SMILES string of the molecule is ClCC1CCN(Cc2cccs2)C1. The summed E-state index contributed by atoms with van der Waals surface area (Å²) in [6.07, 6.45) is 1.27. The minimum absolute atomic E-state index is 0.724. The van der Waals surface area contributed by atoms with Crippen LogP contribution in [-0.2, 0) is 6.54 Å². The van der Waals surface area contributed by atoms with E-state index in [1.807, 2.05) is 11.3 Å². The lowest BCUT2D eigenvalue weighted by molar-refractivity contribution is 0.324. The number of likely N-dealkylation sites (tertiary alicyclic amines) is 1. The van der Waals surface area contributed by atoms with E-state index >= 15 is 0 Å². The van der Waals surface area contributed by atoms with Crippen molar-refractivity contribution in [3.63, 3.8) is 0 Å². The van der Waals surface area contributed by atoms with E-state index in [9.17, 15) is 0 Å². The van der Waals surface area contributed by atoms with Gasteiger partial charge in [0, 0.05) is 23.8 Å². The van der Waals surface area contributed by atoms with Gasteiger partial charge in [-0.1, -0.05) is 6.07 Å². The maximum absolute atomic E-state index is 5.83. The molecule has 0 N–H and O–H groups in total. The van der Waals surface area contributed by atoms with E-state index in [1.54, 1.807) is 0 Å². The minimum Gasteiger partial charge on any atom is -0.298 e. The van der Waals surface area contributed by atoms with Gasteiger partial charge in [-0.2, -0.15) is 0 Å². The highest BCUT2D eigenvalue weighted by atomic mass is 35.5. The normalized spacial score (nSPS) is 23.9. The average molecular weight is 216 g/mol. The highest BCUT2D eigenvalue weighted by Gasteiger charge is 2.21. The molecule has 13 heavy (non-hydrogen) atoms. The Morgan fingerprint density at radius 1 is 1.62 bits per heavy atom. The van der Waals surface area contributed by atoms with E-state index in [-0.39, 0.29) is 0 Å². The fourth-order valence-corrected chi connectivity index (χ4v) is 2.80. The van der Waals surface area contributed by atoms with Crippen LogP contribution in [0.5, 0.6) is 0 Å². The Morgan fingerprint density at radius 3 is 3.15 bits per heavy atom. The number of alkyl halides is 1. The molecule has 0 bridgehead atoms. The summed E-state index contributed by atoms with van der Waals surface area (Å²) in [5.41, 5.74) is 0. The molecule has 1 saturated heterocycles. The number of rotatable bonds is 3. The lowest BCUT2D eigenvalue weighted by Crippen LogP contribution is -2.19. The van der Waals surface area contributed by atoms with Crippen LogP contribution >= 0.6 is 22.9 Å². The second-order valence-electron chi connectivity index (χ2n) is 3.62. The van der Waals surface area contributed by atoms with Crippen molar-refractivity contribution in [1.82, 2.24) is 4.90 Å². The van der Waals surface area contributed by atoms with E-state index in [1.165, 1.54) is 24.4 Å². The molecule has 72 valence electrons. The average Bonchev–Trinajstić information content (AvgIpc) is 2.76. The van der Waals surface area contributed by atoms with Crippen LogP contribution in [0.1, 0.15) is 11.3 Å². The van der Waals surface area contributed by atoms with E-state index in [4.69, 9.17) is 11.6 Å². The number of hydrogen-bond donors (Lipinski definition) is 0. The fraction of sp³-hybridized carbons (Fsp3) is 0.600. The van der Waals surface area contributed by atoms with Crippen LogP contribution in [0.15, 0.2) is 17.5 Å². The topological polar surface area (TPSA) is 3.24 Å². The van der Waals surface area contributed by atoms with Gasteiger partial charge >= 0.3 is 0 Å². The molecule has 3 heteroatoms. The third-order valence-electron chi connectivity index (χ3n) is 2.55. The maximum atomic E-state index is 5.83. The Morgan fingerprint density at radius 2 is 2.54 bits per heavy atom. The van der Waals surface area contributed by atoms with Crippen molar-refractivity contribution in [2.24, 2.45) is 5.92 Å². The Balaban J connectivity index is 1.84. The number of halogens is 1. The van der Waals surface area contributed by atoms with Crippen LogP contribution in [0.4, 0.5) is 0 Å². The summed E-state index contributed by atoms with van der Waals surface area (Å²) in [5.74, 6) is 1.54. The molecule has 1 unspecified atom stereocenters. The van der Waals surface area contributed by atoms with Crippen molar-refractivity contribution < 1.29 is 0 Å². The maximum Gasteiger partial charge on any atom is 0.0328 e. The zero-order valence-electron chi connectivity index (χ0n) is 7.58. The van der Waals surface area contributed by atoms with Crippen LogP contribution in [0.25, 0.3) is 0 Å². The first-order valence-corrected chi connectivity index (χ1v) is 6.10. The molecule has 0 radical (unpaired) electrons. The van der Waals surface area contributed by atoms with Crippen molar-refractivity contribution in [2.45, 2.75) is 13.0 Å². The summed E-state index contributed by atoms with van der Waals surface area (Å²) in [4.78, 5) is 3.97. The lowest BCUT2D eigenvalue weighted by atomic mass is 10.2. The summed E-state index contributed by atoms with van der Waals surface area (Å²) in [7, 11) is 0. The molecule has 1 aromatic heterocycles. The van der Waals surface area contributed by atoms with Gasteiger partial charge in [-0.25, -0.2) is 0 Å². The second kappa shape index (κ2) is 4.45. The summed E-state index contributed by atoms with van der Waals surface area (Å²) in [5, 5.41) is 2.14.